The Morgan fingerprint density at radius 1 is 1.48 bits per heavy atom. The van der Waals surface area contributed by atoms with Crippen LogP contribution in [0.3, 0.4) is 0 Å². The molecule has 2 amide bonds. The average Bonchev–Trinajstić information content (AvgIpc) is 3.01. The van der Waals surface area contributed by atoms with E-state index in [0.717, 1.165) is 34.7 Å². The largest absolute Gasteiger partial charge is 0.493 e. The van der Waals surface area contributed by atoms with Crippen LogP contribution in [0.15, 0.2) is 30.7 Å². The van der Waals surface area contributed by atoms with Gasteiger partial charge in [-0.25, -0.2) is 9.78 Å². The van der Waals surface area contributed by atoms with Gasteiger partial charge in [-0.05, 0) is 29.8 Å². The zero-order chi connectivity index (χ0) is 14.7. The van der Waals surface area contributed by atoms with Crippen LogP contribution in [0, 0.1) is 0 Å². The molecule has 0 atom stereocenters. The number of imidazole rings is 1. The first-order valence-corrected chi connectivity index (χ1v) is 6.71. The van der Waals surface area contributed by atoms with E-state index < -0.39 is 0 Å². The molecule has 1 aromatic heterocycles. The number of urea groups is 1. The number of rotatable bonds is 2. The van der Waals surface area contributed by atoms with Crippen LogP contribution in [0.25, 0.3) is 11.6 Å². The van der Waals surface area contributed by atoms with Crippen LogP contribution in [0.1, 0.15) is 17.7 Å². The van der Waals surface area contributed by atoms with Crippen LogP contribution >= 0.6 is 0 Å². The van der Waals surface area contributed by atoms with Gasteiger partial charge in [-0.2, -0.15) is 0 Å². The lowest BCUT2D eigenvalue weighted by Gasteiger charge is -2.21. The highest BCUT2D eigenvalue weighted by Gasteiger charge is 2.16. The second-order valence-corrected chi connectivity index (χ2v) is 4.69. The number of amides is 2. The van der Waals surface area contributed by atoms with Crippen LogP contribution in [0.4, 0.5) is 10.5 Å². The van der Waals surface area contributed by atoms with Gasteiger partial charge in [0, 0.05) is 24.7 Å². The summed E-state index contributed by atoms with van der Waals surface area (Å²) in [4.78, 5) is 18.5. The highest BCUT2D eigenvalue weighted by Crippen LogP contribution is 2.35. The number of fused-ring (bicyclic) bond motifs is 1. The van der Waals surface area contributed by atoms with Crippen molar-refractivity contribution in [3.05, 3.63) is 42.0 Å². The average molecular weight is 284 g/mol. The zero-order valence-electron chi connectivity index (χ0n) is 11.6. The smallest absolute Gasteiger partial charge is 0.318 e. The Morgan fingerprint density at radius 3 is 3.14 bits per heavy atom. The number of hydrogen-bond donors (Lipinski definition) is 3. The first kappa shape index (κ1) is 13.2. The summed E-state index contributed by atoms with van der Waals surface area (Å²) in [5, 5.41) is 5.30. The number of carbonyl (C=O) groups is 1. The van der Waals surface area contributed by atoms with Gasteiger partial charge >= 0.3 is 6.03 Å². The van der Waals surface area contributed by atoms with Crippen LogP contribution in [0.5, 0.6) is 5.75 Å². The van der Waals surface area contributed by atoms with Crippen LogP contribution < -0.4 is 15.4 Å². The highest BCUT2D eigenvalue weighted by molar-refractivity contribution is 5.91. The molecule has 0 bridgehead atoms. The SMILES string of the molecule is CNC(=O)Nc1ccc2c(c1)C(=Cc1cnc[nH]1)CCO2. The van der Waals surface area contributed by atoms with Crippen molar-refractivity contribution < 1.29 is 9.53 Å². The molecule has 0 saturated carbocycles. The molecule has 0 aliphatic carbocycles. The molecule has 108 valence electrons. The second kappa shape index (κ2) is 5.70. The maximum atomic E-state index is 11.4. The molecule has 0 unspecified atom stereocenters. The van der Waals surface area contributed by atoms with Gasteiger partial charge in [0.25, 0.3) is 0 Å². The van der Waals surface area contributed by atoms with Crippen LogP contribution in [-0.4, -0.2) is 29.7 Å². The summed E-state index contributed by atoms with van der Waals surface area (Å²) in [5.74, 6) is 0.828. The molecular weight excluding hydrogens is 268 g/mol. The molecular formula is C15H16N4O2. The number of carbonyl (C=O) groups excluding carboxylic acids is 1. The van der Waals surface area contributed by atoms with Crippen molar-refractivity contribution in [2.75, 3.05) is 19.0 Å². The number of nitrogens with one attached hydrogen (secondary N) is 3. The molecule has 2 heterocycles. The van der Waals surface area contributed by atoms with Gasteiger partial charge in [0.1, 0.15) is 5.75 Å². The van der Waals surface area contributed by atoms with Crippen LogP contribution in [0.2, 0.25) is 0 Å². The molecule has 0 spiro atoms. The predicted molar refractivity (Wildman–Crippen MR) is 81.1 cm³/mol. The Balaban J connectivity index is 1.95. The lowest BCUT2D eigenvalue weighted by atomic mass is 9.98. The van der Waals surface area contributed by atoms with E-state index in [4.69, 9.17) is 4.74 Å². The number of H-pyrrole nitrogens is 1. The van der Waals surface area contributed by atoms with E-state index in [1.807, 2.05) is 18.2 Å². The number of aromatic amines is 1. The van der Waals surface area contributed by atoms with Crippen molar-refractivity contribution in [3.63, 3.8) is 0 Å². The van der Waals surface area contributed by atoms with Gasteiger partial charge in [0.15, 0.2) is 0 Å². The fourth-order valence-electron chi connectivity index (χ4n) is 2.27. The Bertz CT molecular complexity index is 677. The Kier molecular flexibility index (Phi) is 3.59. The van der Waals surface area contributed by atoms with Gasteiger partial charge in [-0.15, -0.1) is 0 Å². The van der Waals surface area contributed by atoms with E-state index in [1.165, 1.54) is 0 Å². The minimum Gasteiger partial charge on any atom is -0.493 e. The van der Waals surface area contributed by atoms with Crippen molar-refractivity contribution in [1.29, 1.82) is 0 Å². The van der Waals surface area contributed by atoms with Crippen molar-refractivity contribution in [1.82, 2.24) is 15.3 Å². The fraction of sp³-hybridized carbons (Fsp3) is 0.200. The first-order valence-electron chi connectivity index (χ1n) is 6.71. The Hall–Kier alpha value is -2.76. The molecule has 3 rings (SSSR count). The number of ether oxygens (including phenoxy) is 1. The Labute approximate surface area is 122 Å². The minimum absolute atomic E-state index is 0.245. The zero-order valence-corrected chi connectivity index (χ0v) is 11.6. The molecule has 0 radical (unpaired) electrons. The number of anilines is 1. The highest BCUT2D eigenvalue weighted by atomic mass is 16.5. The number of aromatic nitrogens is 2. The summed E-state index contributed by atoms with van der Waals surface area (Å²) in [6, 6.07) is 5.38. The number of nitrogens with zero attached hydrogens (tertiary/aromatic N) is 1. The van der Waals surface area contributed by atoms with E-state index in [2.05, 4.69) is 26.7 Å². The second-order valence-electron chi connectivity index (χ2n) is 4.69. The standard InChI is InChI=1S/C15H16N4O2/c1-16-15(20)19-11-2-3-14-13(7-11)10(4-5-21-14)6-12-8-17-9-18-12/h2-3,6-9H,4-5H2,1H3,(H,17,18)(H2,16,19,20). The molecule has 6 heteroatoms. The van der Waals surface area contributed by atoms with Gasteiger partial charge in [-0.1, -0.05) is 0 Å². The molecule has 2 aromatic rings. The summed E-state index contributed by atoms with van der Waals surface area (Å²) < 4.78 is 5.66. The lowest BCUT2D eigenvalue weighted by molar-refractivity contribution is 0.254. The molecule has 21 heavy (non-hydrogen) atoms. The van der Waals surface area contributed by atoms with E-state index in [1.54, 1.807) is 19.6 Å². The van der Waals surface area contributed by atoms with Gasteiger partial charge in [0.2, 0.25) is 0 Å². The molecule has 1 aliphatic heterocycles. The summed E-state index contributed by atoms with van der Waals surface area (Å²) in [7, 11) is 1.58. The summed E-state index contributed by atoms with van der Waals surface area (Å²) in [6.45, 7) is 0.648. The third-order valence-corrected chi connectivity index (χ3v) is 3.29. The summed E-state index contributed by atoms with van der Waals surface area (Å²) >= 11 is 0. The monoisotopic (exact) mass is 284 g/mol. The lowest BCUT2D eigenvalue weighted by Crippen LogP contribution is -2.24. The van der Waals surface area contributed by atoms with Crippen molar-refractivity contribution in [2.45, 2.75) is 6.42 Å². The topological polar surface area (TPSA) is 79.0 Å². The quantitative estimate of drug-likeness (QED) is 0.792. The van der Waals surface area contributed by atoms with E-state index in [9.17, 15) is 4.79 Å². The first-order chi connectivity index (χ1) is 10.3. The van der Waals surface area contributed by atoms with Crippen molar-refractivity contribution >= 4 is 23.4 Å². The minimum atomic E-state index is -0.245. The summed E-state index contributed by atoms with van der Waals surface area (Å²) in [6.07, 6.45) is 6.29. The predicted octanol–water partition coefficient (Wildman–Crippen LogP) is 2.48. The summed E-state index contributed by atoms with van der Waals surface area (Å²) in [5.41, 5.74) is 3.82. The third kappa shape index (κ3) is 2.89. The van der Waals surface area contributed by atoms with E-state index in [-0.39, 0.29) is 6.03 Å². The maximum absolute atomic E-state index is 11.4. The third-order valence-electron chi connectivity index (χ3n) is 3.29. The molecule has 0 saturated heterocycles. The normalized spacial score (nSPS) is 15.2. The number of benzene rings is 1. The van der Waals surface area contributed by atoms with Crippen molar-refractivity contribution in [3.8, 4) is 5.75 Å². The molecule has 3 N–H and O–H groups in total. The van der Waals surface area contributed by atoms with Crippen molar-refractivity contribution in [2.24, 2.45) is 0 Å². The maximum Gasteiger partial charge on any atom is 0.318 e. The van der Waals surface area contributed by atoms with Crippen LogP contribution in [-0.2, 0) is 0 Å². The van der Waals surface area contributed by atoms with Gasteiger partial charge < -0.3 is 20.4 Å². The Morgan fingerprint density at radius 2 is 2.38 bits per heavy atom. The fourth-order valence-corrected chi connectivity index (χ4v) is 2.27. The van der Waals surface area contributed by atoms with Gasteiger partial charge in [0.05, 0.1) is 24.8 Å². The molecule has 1 aliphatic rings. The van der Waals surface area contributed by atoms with E-state index in [0.29, 0.717) is 6.61 Å². The molecule has 0 fully saturated rings. The van der Waals surface area contributed by atoms with Gasteiger partial charge in [-0.3, -0.25) is 0 Å². The molecule has 1 aromatic carbocycles. The molecule has 6 nitrogen and oxygen atoms in total. The number of hydrogen-bond acceptors (Lipinski definition) is 3. The van der Waals surface area contributed by atoms with E-state index >= 15 is 0 Å².